The van der Waals surface area contributed by atoms with Crippen LogP contribution in [0.5, 0.6) is 0 Å². The van der Waals surface area contributed by atoms with Crippen molar-refractivity contribution in [1.82, 2.24) is 10.2 Å². The third-order valence-corrected chi connectivity index (χ3v) is 4.48. The Morgan fingerprint density at radius 3 is 2.72 bits per heavy atom. The Hall–Kier alpha value is -0.0800. The Morgan fingerprint density at radius 1 is 1.28 bits per heavy atom. The van der Waals surface area contributed by atoms with Crippen LogP contribution in [0.25, 0.3) is 0 Å². The fourth-order valence-corrected chi connectivity index (χ4v) is 3.25. The van der Waals surface area contributed by atoms with E-state index in [9.17, 15) is 0 Å². The van der Waals surface area contributed by atoms with Crippen LogP contribution in [0, 0.1) is 5.92 Å². The standard InChI is InChI=1S/C16H34N2/c1-5-17-15(3)10-6-7-12-18(4)16-11-8-9-14(2)13-16/h14-17H,5-13H2,1-4H3. The van der Waals surface area contributed by atoms with Crippen LogP contribution < -0.4 is 5.32 Å². The topological polar surface area (TPSA) is 15.3 Å². The van der Waals surface area contributed by atoms with Gasteiger partial charge in [-0.3, -0.25) is 0 Å². The second-order valence-electron chi connectivity index (χ2n) is 6.36. The van der Waals surface area contributed by atoms with Gasteiger partial charge in [-0.1, -0.05) is 33.1 Å². The van der Waals surface area contributed by atoms with Crippen molar-refractivity contribution >= 4 is 0 Å². The van der Waals surface area contributed by atoms with Crippen LogP contribution in [-0.2, 0) is 0 Å². The first-order valence-corrected chi connectivity index (χ1v) is 8.07. The highest BCUT2D eigenvalue weighted by Gasteiger charge is 2.21. The number of hydrogen-bond acceptors (Lipinski definition) is 2. The molecule has 108 valence electrons. The summed E-state index contributed by atoms with van der Waals surface area (Å²) in [6.45, 7) is 9.29. The zero-order valence-corrected chi connectivity index (χ0v) is 13.0. The second kappa shape index (κ2) is 8.92. The molecule has 0 radical (unpaired) electrons. The molecule has 0 saturated heterocycles. The Kier molecular flexibility index (Phi) is 7.92. The van der Waals surface area contributed by atoms with E-state index < -0.39 is 0 Å². The van der Waals surface area contributed by atoms with Crippen molar-refractivity contribution in [2.75, 3.05) is 20.1 Å². The molecule has 1 saturated carbocycles. The minimum absolute atomic E-state index is 0.690. The summed E-state index contributed by atoms with van der Waals surface area (Å²) in [6, 6.07) is 1.55. The summed E-state index contributed by atoms with van der Waals surface area (Å²) in [7, 11) is 2.33. The van der Waals surface area contributed by atoms with Crippen LogP contribution in [0.2, 0.25) is 0 Å². The lowest BCUT2D eigenvalue weighted by atomic mass is 9.86. The predicted molar refractivity (Wildman–Crippen MR) is 81.0 cm³/mol. The molecule has 0 aromatic carbocycles. The quantitative estimate of drug-likeness (QED) is 0.665. The summed E-state index contributed by atoms with van der Waals surface area (Å²) in [4.78, 5) is 2.62. The third kappa shape index (κ3) is 6.19. The SMILES string of the molecule is CCNC(C)CCCCN(C)C1CCCC(C)C1. The summed E-state index contributed by atoms with van der Waals surface area (Å²) < 4.78 is 0. The van der Waals surface area contributed by atoms with Crippen LogP contribution in [0.15, 0.2) is 0 Å². The minimum Gasteiger partial charge on any atom is -0.315 e. The third-order valence-electron chi connectivity index (χ3n) is 4.48. The Bertz CT molecular complexity index is 205. The Morgan fingerprint density at radius 2 is 2.06 bits per heavy atom. The van der Waals surface area contributed by atoms with Gasteiger partial charge in [-0.15, -0.1) is 0 Å². The molecule has 2 heteroatoms. The van der Waals surface area contributed by atoms with E-state index in [1.807, 2.05) is 0 Å². The van der Waals surface area contributed by atoms with Crippen LogP contribution >= 0.6 is 0 Å². The maximum absolute atomic E-state index is 3.49. The van der Waals surface area contributed by atoms with Crippen LogP contribution in [0.3, 0.4) is 0 Å². The van der Waals surface area contributed by atoms with E-state index >= 15 is 0 Å². The van der Waals surface area contributed by atoms with E-state index in [0.717, 1.165) is 18.5 Å². The molecule has 0 aliphatic heterocycles. The normalized spacial score (nSPS) is 26.5. The molecule has 1 N–H and O–H groups in total. The molecule has 1 rings (SSSR count). The molecule has 0 spiro atoms. The van der Waals surface area contributed by atoms with Gasteiger partial charge in [-0.25, -0.2) is 0 Å². The summed E-state index contributed by atoms with van der Waals surface area (Å²) >= 11 is 0. The fraction of sp³-hybridized carbons (Fsp3) is 1.00. The van der Waals surface area contributed by atoms with Crippen molar-refractivity contribution in [2.24, 2.45) is 5.92 Å². The Balaban J connectivity index is 2.07. The Labute approximate surface area is 115 Å². The summed E-state index contributed by atoms with van der Waals surface area (Å²) in [6.07, 6.45) is 9.78. The van der Waals surface area contributed by atoms with Gasteiger partial charge in [0.1, 0.15) is 0 Å². The molecule has 0 aromatic heterocycles. The summed E-state index contributed by atoms with van der Waals surface area (Å²) in [5, 5.41) is 3.49. The molecule has 3 atom stereocenters. The van der Waals surface area contributed by atoms with Crippen molar-refractivity contribution in [3.63, 3.8) is 0 Å². The number of nitrogens with zero attached hydrogens (tertiary/aromatic N) is 1. The van der Waals surface area contributed by atoms with E-state index in [1.165, 1.54) is 51.5 Å². The highest BCUT2D eigenvalue weighted by atomic mass is 15.1. The highest BCUT2D eigenvalue weighted by molar-refractivity contribution is 4.77. The van der Waals surface area contributed by atoms with Crippen molar-refractivity contribution in [3.8, 4) is 0 Å². The van der Waals surface area contributed by atoms with Gasteiger partial charge in [0, 0.05) is 12.1 Å². The molecular weight excluding hydrogens is 220 g/mol. The molecule has 18 heavy (non-hydrogen) atoms. The number of nitrogens with one attached hydrogen (secondary N) is 1. The monoisotopic (exact) mass is 254 g/mol. The second-order valence-corrected chi connectivity index (χ2v) is 6.36. The maximum Gasteiger partial charge on any atom is 0.00947 e. The first-order chi connectivity index (χ1) is 8.63. The van der Waals surface area contributed by atoms with Crippen LogP contribution in [0.1, 0.15) is 65.7 Å². The smallest absolute Gasteiger partial charge is 0.00947 e. The number of rotatable bonds is 8. The van der Waals surface area contributed by atoms with E-state index in [4.69, 9.17) is 0 Å². The minimum atomic E-state index is 0.690. The average Bonchev–Trinajstić information content (AvgIpc) is 2.35. The molecule has 3 unspecified atom stereocenters. The van der Waals surface area contributed by atoms with Gasteiger partial charge in [0.25, 0.3) is 0 Å². The maximum atomic E-state index is 3.49. The van der Waals surface area contributed by atoms with Gasteiger partial charge in [0.05, 0.1) is 0 Å². The lowest BCUT2D eigenvalue weighted by molar-refractivity contribution is 0.161. The zero-order valence-electron chi connectivity index (χ0n) is 13.0. The summed E-state index contributed by atoms with van der Waals surface area (Å²) in [5.74, 6) is 0.944. The van der Waals surface area contributed by atoms with E-state index in [-0.39, 0.29) is 0 Å². The largest absolute Gasteiger partial charge is 0.315 e. The first kappa shape index (κ1) is 16.0. The van der Waals surface area contributed by atoms with Gasteiger partial charge < -0.3 is 10.2 Å². The molecule has 0 amide bonds. The van der Waals surface area contributed by atoms with Crippen LogP contribution in [-0.4, -0.2) is 37.1 Å². The molecule has 1 aliphatic rings. The van der Waals surface area contributed by atoms with E-state index in [1.54, 1.807) is 0 Å². The van der Waals surface area contributed by atoms with Gasteiger partial charge in [-0.2, -0.15) is 0 Å². The van der Waals surface area contributed by atoms with Gasteiger partial charge in [0.2, 0.25) is 0 Å². The van der Waals surface area contributed by atoms with Crippen molar-refractivity contribution in [2.45, 2.75) is 77.8 Å². The molecular formula is C16H34N2. The molecule has 0 heterocycles. The predicted octanol–water partition coefficient (Wildman–Crippen LogP) is 3.67. The van der Waals surface area contributed by atoms with Crippen molar-refractivity contribution < 1.29 is 0 Å². The van der Waals surface area contributed by atoms with Crippen molar-refractivity contribution in [1.29, 1.82) is 0 Å². The fourth-order valence-electron chi connectivity index (χ4n) is 3.25. The number of unbranched alkanes of at least 4 members (excludes halogenated alkanes) is 1. The van der Waals surface area contributed by atoms with Crippen LogP contribution in [0.4, 0.5) is 0 Å². The first-order valence-electron chi connectivity index (χ1n) is 8.07. The molecule has 2 nitrogen and oxygen atoms in total. The van der Waals surface area contributed by atoms with Gasteiger partial charge in [0.15, 0.2) is 0 Å². The highest BCUT2D eigenvalue weighted by Crippen LogP contribution is 2.26. The van der Waals surface area contributed by atoms with Gasteiger partial charge in [-0.05, 0) is 58.7 Å². The van der Waals surface area contributed by atoms with Gasteiger partial charge >= 0.3 is 0 Å². The van der Waals surface area contributed by atoms with E-state index in [2.05, 4.69) is 38.0 Å². The lowest BCUT2D eigenvalue weighted by Gasteiger charge is -2.34. The number of hydrogen-bond donors (Lipinski definition) is 1. The molecule has 1 aliphatic carbocycles. The average molecular weight is 254 g/mol. The lowest BCUT2D eigenvalue weighted by Crippen LogP contribution is -2.36. The zero-order chi connectivity index (χ0) is 13.4. The van der Waals surface area contributed by atoms with Crippen molar-refractivity contribution in [3.05, 3.63) is 0 Å². The molecule has 0 aromatic rings. The summed E-state index contributed by atoms with van der Waals surface area (Å²) in [5.41, 5.74) is 0. The molecule has 1 fully saturated rings. The van der Waals surface area contributed by atoms with E-state index in [0.29, 0.717) is 6.04 Å². The molecule has 0 bridgehead atoms.